The zero-order valence-corrected chi connectivity index (χ0v) is 15.7. The molecule has 7 heteroatoms. The Balaban J connectivity index is 1.49. The largest absolute Gasteiger partial charge is 0.338 e. The lowest BCUT2D eigenvalue weighted by atomic mass is 9.96. The highest BCUT2D eigenvalue weighted by atomic mass is 16.2. The Morgan fingerprint density at radius 1 is 1.30 bits per heavy atom. The third-order valence-electron chi connectivity index (χ3n) is 5.14. The molecule has 0 bridgehead atoms. The zero-order valence-electron chi connectivity index (χ0n) is 15.7. The SMILES string of the molecule is Cc1cc(C)n(Cc2cccc(C(=O)N3CCC[C@@H](c4ncn[nH]4)C3)c2)n1. The highest BCUT2D eigenvalue weighted by molar-refractivity contribution is 5.94. The van der Waals surface area contributed by atoms with E-state index in [0.717, 1.165) is 47.7 Å². The first kappa shape index (κ1) is 17.5. The Kier molecular flexibility index (Phi) is 4.75. The van der Waals surface area contributed by atoms with Crippen LogP contribution < -0.4 is 0 Å². The van der Waals surface area contributed by atoms with Gasteiger partial charge >= 0.3 is 0 Å². The molecule has 1 N–H and O–H groups in total. The lowest BCUT2D eigenvalue weighted by Gasteiger charge is -2.31. The molecule has 4 rings (SSSR count). The lowest BCUT2D eigenvalue weighted by Crippen LogP contribution is -2.39. The van der Waals surface area contributed by atoms with Crippen LogP contribution in [0.15, 0.2) is 36.7 Å². The van der Waals surface area contributed by atoms with Gasteiger partial charge in [0.2, 0.25) is 0 Å². The van der Waals surface area contributed by atoms with Gasteiger partial charge in [-0.15, -0.1) is 0 Å². The number of amides is 1. The first-order valence-electron chi connectivity index (χ1n) is 9.34. The number of hydrogen-bond donors (Lipinski definition) is 1. The number of nitrogens with one attached hydrogen (secondary N) is 1. The van der Waals surface area contributed by atoms with Crippen molar-refractivity contribution in [3.63, 3.8) is 0 Å². The number of hydrogen-bond acceptors (Lipinski definition) is 4. The maximum absolute atomic E-state index is 13.0. The Labute approximate surface area is 158 Å². The Bertz CT molecular complexity index is 930. The van der Waals surface area contributed by atoms with Crippen LogP contribution in [-0.4, -0.2) is 48.9 Å². The number of aromatic amines is 1. The fourth-order valence-electron chi connectivity index (χ4n) is 3.79. The summed E-state index contributed by atoms with van der Waals surface area (Å²) >= 11 is 0. The molecule has 0 aliphatic carbocycles. The lowest BCUT2D eigenvalue weighted by molar-refractivity contribution is 0.0704. The molecular weight excluding hydrogens is 340 g/mol. The van der Waals surface area contributed by atoms with Crippen molar-refractivity contribution in [2.45, 2.75) is 39.2 Å². The van der Waals surface area contributed by atoms with Crippen LogP contribution in [0.3, 0.4) is 0 Å². The van der Waals surface area contributed by atoms with Gasteiger partial charge in [0.25, 0.3) is 5.91 Å². The maximum atomic E-state index is 13.0. The van der Waals surface area contributed by atoms with E-state index in [1.807, 2.05) is 47.7 Å². The van der Waals surface area contributed by atoms with E-state index in [9.17, 15) is 4.79 Å². The predicted molar refractivity (Wildman–Crippen MR) is 102 cm³/mol. The second kappa shape index (κ2) is 7.34. The molecule has 7 nitrogen and oxygen atoms in total. The van der Waals surface area contributed by atoms with Crippen molar-refractivity contribution >= 4 is 5.91 Å². The van der Waals surface area contributed by atoms with E-state index in [1.54, 1.807) is 0 Å². The third-order valence-corrected chi connectivity index (χ3v) is 5.14. The number of H-pyrrole nitrogens is 1. The number of carbonyl (C=O) groups is 1. The van der Waals surface area contributed by atoms with Crippen LogP contribution in [0, 0.1) is 13.8 Å². The van der Waals surface area contributed by atoms with Crippen LogP contribution >= 0.6 is 0 Å². The molecular formula is C20H24N6O. The standard InChI is InChI=1S/C20H24N6O/c1-14-9-15(2)26(24-14)11-16-5-3-6-17(10-16)20(27)25-8-4-7-18(12-25)19-21-13-22-23-19/h3,5-6,9-10,13,18H,4,7-8,11-12H2,1-2H3,(H,21,22,23)/t18-/m1/s1. The van der Waals surface area contributed by atoms with Crippen molar-refractivity contribution in [1.82, 2.24) is 29.9 Å². The van der Waals surface area contributed by atoms with Gasteiger partial charge < -0.3 is 4.90 Å². The summed E-state index contributed by atoms with van der Waals surface area (Å²) in [6.45, 7) is 6.17. The molecule has 1 amide bonds. The van der Waals surface area contributed by atoms with Crippen molar-refractivity contribution in [2.24, 2.45) is 0 Å². The molecule has 0 radical (unpaired) electrons. The van der Waals surface area contributed by atoms with Gasteiger partial charge in [0, 0.05) is 30.3 Å². The first-order valence-corrected chi connectivity index (χ1v) is 9.34. The topological polar surface area (TPSA) is 79.7 Å². The van der Waals surface area contributed by atoms with Crippen molar-refractivity contribution < 1.29 is 4.79 Å². The average molecular weight is 364 g/mol. The van der Waals surface area contributed by atoms with Crippen molar-refractivity contribution in [2.75, 3.05) is 13.1 Å². The molecule has 3 heterocycles. The van der Waals surface area contributed by atoms with E-state index in [-0.39, 0.29) is 11.8 Å². The van der Waals surface area contributed by atoms with Crippen LogP contribution in [0.1, 0.15) is 51.9 Å². The summed E-state index contributed by atoms with van der Waals surface area (Å²) in [7, 11) is 0. The van der Waals surface area contributed by atoms with E-state index < -0.39 is 0 Å². The molecule has 1 atom stereocenters. The molecule has 0 unspecified atom stereocenters. The molecule has 1 fully saturated rings. The highest BCUT2D eigenvalue weighted by Gasteiger charge is 2.27. The van der Waals surface area contributed by atoms with Gasteiger partial charge in [-0.1, -0.05) is 12.1 Å². The van der Waals surface area contributed by atoms with Gasteiger partial charge in [-0.25, -0.2) is 4.98 Å². The third kappa shape index (κ3) is 3.77. The molecule has 1 aromatic carbocycles. The molecule has 3 aromatic rings. The molecule has 27 heavy (non-hydrogen) atoms. The van der Waals surface area contributed by atoms with Crippen LogP contribution in [0.25, 0.3) is 0 Å². The summed E-state index contributed by atoms with van der Waals surface area (Å²) in [6, 6.07) is 9.93. The molecule has 2 aromatic heterocycles. The number of piperidine rings is 1. The minimum absolute atomic E-state index is 0.0782. The van der Waals surface area contributed by atoms with Crippen LogP contribution in [0.4, 0.5) is 0 Å². The summed E-state index contributed by atoms with van der Waals surface area (Å²) in [5.74, 6) is 1.17. The molecule has 140 valence electrons. The molecule has 0 spiro atoms. The minimum Gasteiger partial charge on any atom is -0.338 e. The summed E-state index contributed by atoms with van der Waals surface area (Å²) in [5, 5.41) is 11.4. The molecule has 0 saturated carbocycles. The number of likely N-dealkylation sites (tertiary alicyclic amines) is 1. The smallest absolute Gasteiger partial charge is 0.253 e. The summed E-state index contributed by atoms with van der Waals surface area (Å²) in [4.78, 5) is 19.2. The fraction of sp³-hybridized carbons (Fsp3) is 0.400. The van der Waals surface area contributed by atoms with Crippen molar-refractivity contribution in [3.8, 4) is 0 Å². The van der Waals surface area contributed by atoms with Gasteiger partial charge in [0.15, 0.2) is 0 Å². The van der Waals surface area contributed by atoms with Crippen molar-refractivity contribution in [1.29, 1.82) is 0 Å². The van der Waals surface area contributed by atoms with Crippen LogP contribution in [0.5, 0.6) is 0 Å². The fourth-order valence-corrected chi connectivity index (χ4v) is 3.79. The Morgan fingerprint density at radius 2 is 2.19 bits per heavy atom. The van der Waals surface area contributed by atoms with Crippen LogP contribution in [-0.2, 0) is 6.54 Å². The first-order chi connectivity index (χ1) is 13.1. The summed E-state index contributed by atoms with van der Waals surface area (Å²) in [5.41, 5.74) is 3.93. The molecule has 1 aliphatic heterocycles. The van der Waals surface area contributed by atoms with Gasteiger partial charge in [-0.05, 0) is 50.5 Å². The van der Waals surface area contributed by atoms with E-state index >= 15 is 0 Å². The second-order valence-electron chi connectivity index (χ2n) is 7.25. The van der Waals surface area contributed by atoms with Gasteiger partial charge in [-0.2, -0.15) is 10.2 Å². The van der Waals surface area contributed by atoms with Gasteiger partial charge in [-0.3, -0.25) is 14.6 Å². The number of nitrogens with zero attached hydrogens (tertiary/aromatic N) is 5. The van der Waals surface area contributed by atoms with E-state index in [1.165, 1.54) is 6.33 Å². The summed E-state index contributed by atoms with van der Waals surface area (Å²) < 4.78 is 1.97. The summed E-state index contributed by atoms with van der Waals surface area (Å²) in [6.07, 6.45) is 3.53. The van der Waals surface area contributed by atoms with E-state index in [4.69, 9.17) is 0 Å². The Morgan fingerprint density at radius 3 is 2.93 bits per heavy atom. The van der Waals surface area contributed by atoms with Gasteiger partial charge in [0.05, 0.1) is 12.2 Å². The minimum atomic E-state index is 0.0782. The second-order valence-corrected chi connectivity index (χ2v) is 7.25. The number of carbonyl (C=O) groups excluding carboxylic acids is 1. The quantitative estimate of drug-likeness (QED) is 0.772. The molecule has 1 saturated heterocycles. The van der Waals surface area contributed by atoms with Crippen LogP contribution in [0.2, 0.25) is 0 Å². The normalized spacial score (nSPS) is 17.3. The average Bonchev–Trinajstić information content (AvgIpc) is 3.32. The molecule has 1 aliphatic rings. The number of benzene rings is 1. The van der Waals surface area contributed by atoms with E-state index in [0.29, 0.717) is 13.1 Å². The monoisotopic (exact) mass is 364 g/mol. The Hall–Kier alpha value is -2.96. The number of aryl methyl sites for hydroxylation is 2. The van der Waals surface area contributed by atoms with E-state index in [2.05, 4.69) is 26.3 Å². The number of aromatic nitrogens is 5. The predicted octanol–water partition coefficient (Wildman–Crippen LogP) is 2.69. The highest BCUT2D eigenvalue weighted by Crippen LogP contribution is 2.25. The number of rotatable bonds is 4. The van der Waals surface area contributed by atoms with Crippen molar-refractivity contribution in [3.05, 3.63) is 65.0 Å². The van der Waals surface area contributed by atoms with Gasteiger partial charge in [0.1, 0.15) is 12.2 Å². The zero-order chi connectivity index (χ0) is 18.8. The maximum Gasteiger partial charge on any atom is 0.253 e.